The van der Waals surface area contributed by atoms with Gasteiger partial charge in [0.15, 0.2) is 0 Å². The van der Waals surface area contributed by atoms with Crippen molar-refractivity contribution in [2.75, 3.05) is 0 Å². The van der Waals surface area contributed by atoms with Crippen molar-refractivity contribution in [3.63, 3.8) is 0 Å². The van der Waals surface area contributed by atoms with Gasteiger partial charge in [-0.1, -0.05) is 17.2 Å². The Bertz CT molecular complexity index is 375. The summed E-state index contributed by atoms with van der Waals surface area (Å²) in [5.74, 6) is 0. The molecule has 0 aliphatic heterocycles. The Morgan fingerprint density at radius 3 is 2.85 bits per heavy atom. The van der Waals surface area contributed by atoms with Crippen LogP contribution < -0.4 is 0 Å². The van der Waals surface area contributed by atoms with E-state index in [1.165, 1.54) is 18.2 Å². The first kappa shape index (κ1) is 9.02. The van der Waals surface area contributed by atoms with E-state index in [9.17, 15) is 10.1 Å². The molecule has 0 unspecified atom stereocenters. The van der Waals surface area contributed by atoms with Crippen molar-refractivity contribution in [2.45, 2.75) is 6.92 Å². The summed E-state index contributed by atoms with van der Waals surface area (Å²) in [7, 11) is 0. The van der Waals surface area contributed by atoms with E-state index in [0.717, 1.165) is 0 Å². The van der Waals surface area contributed by atoms with Gasteiger partial charge in [0.05, 0.1) is 4.92 Å². The standard InChI is InChI=1S/C7H6N4O2/c1-5-6(9-10-8)3-2-4-7(5)11(12)13/h2-4H,1H3. The maximum absolute atomic E-state index is 10.4. The highest BCUT2D eigenvalue weighted by Crippen LogP contribution is 2.27. The zero-order valence-electron chi connectivity index (χ0n) is 6.84. The number of rotatable bonds is 2. The van der Waals surface area contributed by atoms with E-state index >= 15 is 0 Å². The topological polar surface area (TPSA) is 91.9 Å². The van der Waals surface area contributed by atoms with Crippen molar-refractivity contribution in [1.29, 1.82) is 0 Å². The fourth-order valence-electron chi connectivity index (χ4n) is 0.966. The molecule has 0 heterocycles. The molecule has 0 saturated heterocycles. The van der Waals surface area contributed by atoms with Crippen molar-refractivity contribution < 1.29 is 4.92 Å². The van der Waals surface area contributed by atoms with E-state index in [-0.39, 0.29) is 11.4 Å². The lowest BCUT2D eigenvalue weighted by Gasteiger charge is -1.98. The van der Waals surface area contributed by atoms with E-state index in [1.54, 1.807) is 6.92 Å². The summed E-state index contributed by atoms with van der Waals surface area (Å²) in [6.07, 6.45) is 0. The van der Waals surface area contributed by atoms with Gasteiger partial charge in [0.1, 0.15) is 0 Å². The molecule has 0 atom stereocenters. The second-order valence-corrected chi connectivity index (χ2v) is 2.37. The van der Waals surface area contributed by atoms with Crippen molar-refractivity contribution >= 4 is 11.4 Å². The minimum absolute atomic E-state index is 0.0371. The van der Waals surface area contributed by atoms with Crippen molar-refractivity contribution in [3.8, 4) is 0 Å². The summed E-state index contributed by atoms with van der Waals surface area (Å²) in [6.45, 7) is 1.54. The van der Waals surface area contributed by atoms with Gasteiger partial charge in [0.2, 0.25) is 0 Å². The molecule has 0 saturated carbocycles. The van der Waals surface area contributed by atoms with Gasteiger partial charge < -0.3 is 0 Å². The van der Waals surface area contributed by atoms with Gasteiger partial charge in [-0.2, -0.15) is 0 Å². The summed E-state index contributed by atoms with van der Waals surface area (Å²) in [4.78, 5) is 12.5. The molecule has 13 heavy (non-hydrogen) atoms. The van der Waals surface area contributed by atoms with E-state index in [1.807, 2.05) is 0 Å². The Hall–Kier alpha value is -2.07. The molecule has 66 valence electrons. The lowest BCUT2D eigenvalue weighted by molar-refractivity contribution is -0.385. The molecule has 0 N–H and O–H groups in total. The molecule has 6 heteroatoms. The molecule has 0 spiro atoms. The third-order valence-corrected chi connectivity index (χ3v) is 1.63. The molecule has 0 radical (unpaired) electrons. The molecule has 0 aliphatic carbocycles. The number of benzene rings is 1. The SMILES string of the molecule is Cc1c(N=[N+]=[N-])cccc1[N+](=O)[O-]. The first-order valence-corrected chi connectivity index (χ1v) is 3.46. The van der Waals surface area contributed by atoms with E-state index < -0.39 is 4.92 Å². The average molecular weight is 178 g/mol. The van der Waals surface area contributed by atoms with Crippen LogP contribution in [0.25, 0.3) is 10.4 Å². The van der Waals surface area contributed by atoms with Crippen LogP contribution in [0.15, 0.2) is 23.3 Å². The van der Waals surface area contributed by atoms with Crippen LogP contribution in [0.1, 0.15) is 5.56 Å². The van der Waals surface area contributed by atoms with Crippen LogP contribution in [0, 0.1) is 17.0 Å². The van der Waals surface area contributed by atoms with Crippen LogP contribution in [-0.4, -0.2) is 4.92 Å². The average Bonchev–Trinajstić information content (AvgIpc) is 2.08. The molecular formula is C7H6N4O2. The molecule has 0 aromatic heterocycles. The van der Waals surface area contributed by atoms with Gasteiger partial charge >= 0.3 is 0 Å². The molecule has 1 aromatic carbocycles. The lowest BCUT2D eigenvalue weighted by Crippen LogP contribution is -1.90. The molecule has 6 nitrogen and oxygen atoms in total. The molecule has 1 rings (SSSR count). The zero-order chi connectivity index (χ0) is 9.84. The molecule has 1 aromatic rings. The highest BCUT2D eigenvalue weighted by Gasteiger charge is 2.11. The fraction of sp³-hybridized carbons (Fsp3) is 0.143. The number of hydrogen-bond acceptors (Lipinski definition) is 3. The first-order valence-electron chi connectivity index (χ1n) is 3.46. The predicted molar refractivity (Wildman–Crippen MR) is 46.6 cm³/mol. The zero-order valence-corrected chi connectivity index (χ0v) is 6.84. The maximum atomic E-state index is 10.4. The van der Waals surface area contributed by atoms with Crippen LogP contribution >= 0.6 is 0 Å². The highest BCUT2D eigenvalue weighted by molar-refractivity contribution is 5.55. The Balaban J connectivity index is 3.34. The molecule has 0 bridgehead atoms. The number of azide groups is 1. The van der Waals surface area contributed by atoms with Gasteiger partial charge in [0.25, 0.3) is 5.69 Å². The third kappa shape index (κ3) is 1.74. The largest absolute Gasteiger partial charge is 0.272 e. The Morgan fingerprint density at radius 1 is 1.62 bits per heavy atom. The number of nitrogens with zero attached hydrogens (tertiary/aromatic N) is 4. The second kappa shape index (κ2) is 3.55. The summed E-state index contributed by atoms with van der Waals surface area (Å²) < 4.78 is 0. The van der Waals surface area contributed by atoms with Crippen LogP contribution in [-0.2, 0) is 0 Å². The molecular weight excluding hydrogens is 172 g/mol. The van der Waals surface area contributed by atoms with Crippen LogP contribution in [0.5, 0.6) is 0 Å². The molecule has 0 fully saturated rings. The van der Waals surface area contributed by atoms with Gasteiger partial charge in [0, 0.05) is 22.2 Å². The normalized spacial score (nSPS) is 9.00. The number of hydrogen-bond donors (Lipinski definition) is 0. The first-order chi connectivity index (χ1) is 6.16. The quantitative estimate of drug-likeness (QED) is 0.229. The van der Waals surface area contributed by atoms with Crippen molar-refractivity contribution in [1.82, 2.24) is 0 Å². The minimum atomic E-state index is -0.508. The van der Waals surface area contributed by atoms with Crippen LogP contribution in [0.2, 0.25) is 0 Å². The fourth-order valence-corrected chi connectivity index (χ4v) is 0.966. The lowest BCUT2D eigenvalue weighted by atomic mass is 10.2. The summed E-state index contributed by atoms with van der Waals surface area (Å²) in [5, 5.41) is 13.8. The Labute approximate surface area is 73.6 Å². The van der Waals surface area contributed by atoms with Crippen LogP contribution in [0.4, 0.5) is 11.4 Å². The van der Waals surface area contributed by atoms with E-state index in [0.29, 0.717) is 5.56 Å². The molecule has 0 aliphatic rings. The number of nitro groups is 1. The van der Waals surface area contributed by atoms with E-state index in [2.05, 4.69) is 10.0 Å². The third-order valence-electron chi connectivity index (χ3n) is 1.63. The van der Waals surface area contributed by atoms with Crippen molar-refractivity contribution in [2.24, 2.45) is 5.11 Å². The van der Waals surface area contributed by atoms with Gasteiger partial charge in [-0.25, -0.2) is 0 Å². The van der Waals surface area contributed by atoms with Gasteiger partial charge in [-0.15, -0.1) is 0 Å². The second-order valence-electron chi connectivity index (χ2n) is 2.37. The number of nitro benzene ring substituents is 1. The smallest absolute Gasteiger partial charge is 0.258 e. The highest BCUT2D eigenvalue weighted by atomic mass is 16.6. The summed E-state index contributed by atoms with van der Waals surface area (Å²) in [5.41, 5.74) is 8.79. The maximum Gasteiger partial charge on any atom is 0.272 e. The van der Waals surface area contributed by atoms with Crippen LogP contribution in [0.3, 0.4) is 0 Å². The summed E-state index contributed by atoms with van der Waals surface area (Å²) >= 11 is 0. The van der Waals surface area contributed by atoms with E-state index in [4.69, 9.17) is 5.53 Å². The Kier molecular flexibility index (Phi) is 2.47. The minimum Gasteiger partial charge on any atom is -0.258 e. The van der Waals surface area contributed by atoms with Gasteiger partial charge in [-0.3, -0.25) is 10.1 Å². The van der Waals surface area contributed by atoms with Gasteiger partial charge in [-0.05, 0) is 12.5 Å². The predicted octanol–water partition coefficient (Wildman–Crippen LogP) is 2.85. The molecule has 0 amide bonds. The Morgan fingerprint density at radius 2 is 2.31 bits per heavy atom. The summed E-state index contributed by atoms with van der Waals surface area (Å²) in [6, 6.07) is 4.38. The monoisotopic (exact) mass is 178 g/mol. The van der Waals surface area contributed by atoms with Crippen molar-refractivity contribution in [3.05, 3.63) is 44.3 Å².